The van der Waals surface area contributed by atoms with Gasteiger partial charge in [-0.2, -0.15) is 0 Å². The molecule has 0 fully saturated rings. The minimum Gasteiger partial charge on any atom is -0.480 e. The zero-order chi connectivity index (χ0) is 16.2. The molecular weight excluding hydrogens is 272 g/mol. The largest absolute Gasteiger partial charge is 0.480 e. The standard InChI is InChI=1S/C15H22N2O4/c1-10(13(18)19)17(14(20)21-15(2,3)4)12-8-6-5-7-11(12)9-16/h5-8,10H,9,16H2,1-4H3,(H,18,19). The van der Waals surface area contributed by atoms with E-state index in [0.29, 0.717) is 11.3 Å². The highest BCUT2D eigenvalue weighted by Gasteiger charge is 2.32. The lowest BCUT2D eigenvalue weighted by atomic mass is 10.1. The van der Waals surface area contributed by atoms with E-state index in [9.17, 15) is 14.7 Å². The van der Waals surface area contributed by atoms with Gasteiger partial charge in [0.25, 0.3) is 0 Å². The van der Waals surface area contributed by atoms with E-state index in [2.05, 4.69) is 0 Å². The second kappa shape index (κ2) is 6.58. The summed E-state index contributed by atoms with van der Waals surface area (Å²) in [7, 11) is 0. The Bertz CT molecular complexity index is 523. The molecule has 0 aliphatic rings. The van der Waals surface area contributed by atoms with Crippen molar-refractivity contribution in [3.05, 3.63) is 29.8 Å². The number of hydrogen-bond acceptors (Lipinski definition) is 4. The molecule has 1 aromatic rings. The normalized spacial score (nSPS) is 12.6. The highest BCUT2D eigenvalue weighted by atomic mass is 16.6. The summed E-state index contributed by atoms with van der Waals surface area (Å²) in [6.45, 7) is 6.80. The number of aliphatic carboxylic acids is 1. The van der Waals surface area contributed by atoms with Gasteiger partial charge in [0.2, 0.25) is 0 Å². The first-order valence-electron chi connectivity index (χ1n) is 6.70. The Kier molecular flexibility index (Phi) is 5.32. The van der Waals surface area contributed by atoms with Crippen molar-refractivity contribution in [3.8, 4) is 0 Å². The number of rotatable bonds is 4. The molecule has 1 atom stereocenters. The van der Waals surface area contributed by atoms with Crippen molar-refractivity contribution < 1.29 is 19.4 Å². The first-order chi connectivity index (χ1) is 9.67. The molecule has 0 aromatic heterocycles. The van der Waals surface area contributed by atoms with E-state index in [1.165, 1.54) is 6.92 Å². The van der Waals surface area contributed by atoms with Gasteiger partial charge >= 0.3 is 12.1 Å². The minimum atomic E-state index is -1.12. The maximum Gasteiger partial charge on any atom is 0.415 e. The van der Waals surface area contributed by atoms with Crippen LogP contribution < -0.4 is 10.6 Å². The molecule has 0 aliphatic carbocycles. The lowest BCUT2D eigenvalue weighted by Gasteiger charge is -2.31. The summed E-state index contributed by atoms with van der Waals surface area (Å²) in [6, 6.07) is 5.85. The van der Waals surface area contributed by atoms with Crippen LogP contribution >= 0.6 is 0 Å². The monoisotopic (exact) mass is 294 g/mol. The molecule has 0 spiro atoms. The highest BCUT2D eigenvalue weighted by molar-refractivity contribution is 5.95. The molecule has 21 heavy (non-hydrogen) atoms. The lowest BCUT2D eigenvalue weighted by molar-refractivity contribution is -0.138. The third-order valence-electron chi connectivity index (χ3n) is 2.81. The highest BCUT2D eigenvalue weighted by Crippen LogP contribution is 2.25. The number of anilines is 1. The summed E-state index contributed by atoms with van der Waals surface area (Å²) < 4.78 is 5.31. The van der Waals surface area contributed by atoms with Crippen LogP contribution in [0.1, 0.15) is 33.3 Å². The Labute approximate surface area is 124 Å². The summed E-state index contributed by atoms with van der Waals surface area (Å²) in [5, 5.41) is 9.24. The first-order valence-corrected chi connectivity index (χ1v) is 6.70. The van der Waals surface area contributed by atoms with E-state index in [0.717, 1.165) is 4.90 Å². The van der Waals surface area contributed by atoms with Gasteiger partial charge in [0.05, 0.1) is 5.69 Å². The Morgan fingerprint density at radius 3 is 2.38 bits per heavy atom. The van der Waals surface area contributed by atoms with Crippen LogP contribution in [0.5, 0.6) is 0 Å². The maximum absolute atomic E-state index is 12.4. The summed E-state index contributed by atoms with van der Waals surface area (Å²) >= 11 is 0. The maximum atomic E-state index is 12.4. The molecule has 3 N–H and O–H groups in total. The number of carbonyl (C=O) groups is 2. The van der Waals surface area contributed by atoms with E-state index in [4.69, 9.17) is 10.5 Å². The topological polar surface area (TPSA) is 92.9 Å². The van der Waals surface area contributed by atoms with Crippen LogP contribution in [0.2, 0.25) is 0 Å². The number of para-hydroxylation sites is 1. The number of hydrogen-bond donors (Lipinski definition) is 2. The predicted molar refractivity (Wildman–Crippen MR) is 80.1 cm³/mol. The molecule has 1 rings (SSSR count). The molecule has 0 saturated heterocycles. The Morgan fingerprint density at radius 1 is 1.33 bits per heavy atom. The fourth-order valence-electron chi connectivity index (χ4n) is 1.81. The van der Waals surface area contributed by atoms with Crippen molar-refractivity contribution in [2.24, 2.45) is 5.73 Å². The van der Waals surface area contributed by atoms with Crippen LogP contribution in [-0.2, 0) is 16.1 Å². The second-order valence-corrected chi connectivity index (χ2v) is 5.70. The van der Waals surface area contributed by atoms with Crippen LogP contribution in [0.15, 0.2) is 24.3 Å². The Balaban J connectivity index is 3.26. The van der Waals surface area contributed by atoms with Crippen LogP contribution in [0.25, 0.3) is 0 Å². The van der Waals surface area contributed by atoms with Gasteiger partial charge in [0.1, 0.15) is 11.6 Å². The van der Waals surface area contributed by atoms with Gasteiger partial charge in [-0.15, -0.1) is 0 Å². The SMILES string of the molecule is CC(C(=O)O)N(C(=O)OC(C)(C)C)c1ccccc1CN. The molecule has 0 radical (unpaired) electrons. The minimum absolute atomic E-state index is 0.196. The third kappa shape index (κ3) is 4.46. The summed E-state index contributed by atoms with van der Waals surface area (Å²) in [5.41, 5.74) is 6.07. The zero-order valence-corrected chi connectivity index (χ0v) is 12.8. The van der Waals surface area contributed by atoms with E-state index in [1.54, 1.807) is 45.0 Å². The molecule has 116 valence electrons. The second-order valence-electron chi connectivity index (χ2n) is 5.70. The number of carboxylic acid groups (broad SMARTS) is 1. The number of carboxylic acids is 1. The van der Waals surface area contributed by atoms with E-state index in [-0.39, 0.29) is 6.54 Å². The van der Waals surface area contributed by atoms with Crippen LogP contribution in [-0.4, -0.2) is 28.8 Å². The van der Waals surface area contributed by atoms with Crippen molar-refractivity contribution in [2.45, 2.75) is 45.9 Å². The molecule has 0 heterocycles. The van der Waals surface area contributed by atoms with Gasteiger partial charge in [-0.25, -0.2) is 9.59 Å². The van der Waals surface area contributed by atoms with Crippen LogP contribution in [0, 0.1) is 0 Å². The fraction of sp³-hybridized carbons (Fsp3) is 0.467. The summed E-state index contributed by atoms with van der Waals surface area (Å²) in [4.78, 5) is 24.8. The number of amides is 1. The zero-order valence-electron chi connectivity index (χ0n) is 12.8. The summed E-state index contributed by atoms with van der Waals surface area (Å²) in [5.74, 6) is -1.12. The summed E-state index contributed by atoms with van der Waals surface area (Å²) in [6.07, 6.45) is -0.710. The van der Waals surface area contributed by atoms with Gasteiger partial charge in [-0.1, -0.05) is 18.2 Å². The van der Waals surface area contributed by atoms with Crippen molar-refractivity contribution in [1.29, 1.82) is 0 Å². The fourth-order valence-corrected chi connectivity index (χ4v) is 1.81. The van der Waals surface area contributed by atoms with Crippen molar-refractivity contribution in [2.75, 3.05) is 4.90 Å². The Hall–Kier alpha value is -2.08. The average Bonchev–Trinajstić information content (AvgIpc) is 2.37. The number of nitrogens with two attached hydrogens (primary N) is 1. The third-order valence-corrected chi connectivity index (χ3v) is 2.81. The molecule has 1 unspecified atom stereocenters. The van der Waals surface area contributed by atoms with E-state index in [1.807, 2.05) is 0 Å². The number of nitrogens with zero attached hydrogens (tertiary/aromatic N) is 1. The Morgan fingerprint density at radius 2 is 1.90 bits per heavy atom. The molecule has 6 nitrogen and oxygen atoms in total. The van der Waals surface area contributed by atoms with Crippen molar-refractivity contribution >= 4 is 17.7 Å². The quantitative estimate of drug-likeness (QED) is 0.889. The molecular formula is C15H22N2O4. The van der Waals surface area contributed by atoms with Gasteiger partial charge in [-0.05, 0) is 39.3 Å². The van der Waals surface area contributed by atoms with E-state index < -0.39 is 23.7 Å². The van der Waals surface area contributed by atoms with Gasteiger partial charge < -0.3 is 15.6 Å². The number of ether oxygens (including phenoxy) is 1. The molecule has 1 amide bonds. The van der Waals surface area contributed by atoms with Gasteiger partial charge in [0.15, 0.2) is 0 Å². The number of benzene rings is 1. The smallest absolute Gasteiger partial charge is 0.415 e. The number of carbonyl (C=O) groups excluding carboxylic acids is 1. The van der Waals surface area contributed by atoms with Gasteiger partial charge in [0, 0.05) is 6.54 Å². The van der Waals surface area contributed by atoms with Crippen molar-refractivity contribution in [1.82, 2.24) is 0 Å². The molecule has 0 saturated carbocycles. The molecule has 6 heteroatoms. The van der Waals surface area contributed by atoms with Crippen molar-refractivity contribution in [3.63, 3.8) is 0 Å². The van der Waals surface area contributed by atoms with E-state index >= 15 is 0 Å². The predicted octanol–water partition coefficient (Wildman–Crippen LogP) is 2.36. The first kappa shape index (κ1) is 17.0. The van der Waals surface area contributed by atoms with Crippen LogP contribution in [0.3, 0.4) is 0 Å². The van der Waals surface area contributed by atoms with Crippen LogP contribution in [0.4, 0.5) is 10.5 Å². The average molecular weight is 294 g/mol. The molecule has 0 aliphatic heterocycles. The lowest BCUT2D eigenvalue weighted by Crippen LogP contribution is -2.46. The molecule has 0 bridgehead atoms. The molecule has 1 aromatic carbocycles. The van der Waals surface area contributed by atoms with Gasteiger partial charge in [-0.3, -0.25) is 4.90 Å².